The van der Waals surface area contributed by atoms with Crippen LogP contribution in [0.15, 0.2) is 67.0 Å². The number of rotatable bonds is 7. The van der Waals surface area contributed by atoms with Gasteiger partial charge in [0.05, 0.1) is 0 Å². The third-order valence-electron chi connectivity index (χ3n) is 7.36. The molecule has 8 nitrogen and oxygen atoms in total. The number of carbonyl (C=O) groups is 3. The summed E-state index contributed by atoms with van der Waals surface area (Å²) in [5.41, 5.74) is 0.302. The van der Waals surface area contributed by atoms with Crippen LogP contribution in [-0.2, 0) is 14.4 Å². The van der Waals surface area contributed by atoms with Crippen LogP contribution in [0, 0.1) is 5.82 Å². The number of carbonyl (C=O) groups excluding carboxylic acids is 3. The van der Waals surface area contributed by atoms with Gasteiger partial charge < -0.3 is 5.32 Å². The largest absolute Gasteiger partial charge is 0.351 e. The van der Waals surface area contributed by atoms with Gasteiger partial charge in [-0.15, -0.1) is 0 Å². The van der Waals surface area contributed by atoms with Gasteiger partial charge in [-0.2, -0.15) is 0 Å². The van der Waals surface area contributed by atoms with Crippen molar-refractivity contribution in [2.45, 2.75) is 62.6 Å². The van der Waals surface area contributed by atoms with Crippen LogP contribution >= 0.6 is 11.6 Å². The Kier molecular flexibility index (Phi) is 8.25. The summed E-state index contributed by atoms with van der Waals surface area (Å²) >= 11 is 6.54. The lowest BCUT2D eigenvalue weighted by molar-refractivity contribution is -0.128. The van der Waals surface area contributed by atoms with E-state index < -0.39 is 41.7 Å². The summed E-state index contributed by atoms with van der Waals surface area (Å²) in [4.78, 5) is 51.9. The summed E-state index contributed by atoms with van der Waals surface area (Å²) in [6, 6.07) is 10.1. The minimum atomic E-state index is -2.80. The fourth-order valence-corrected chi connectivity index (χ4v) is 5.57. The van der Waals surface area contributed by atoms with Crippen molar-refractivity contribution in [2.75, 3.05) is 9.80 Å². The highest BCUT2D eigenvalue weighted by atomic mass is 35.5. The number of hydrogen-bond donors (Lipinski definition) is 1. The van der Waals surface area contributed by atoms with E-state index in [0.29, 0.717) is 0 Å². The molecule has 1 N–H and O–H groups in total. The van der Waals surface area contributed by atoms with Crippen LogP contribution in [0.3, 0.4) is 0 Å². The lowest BCUT2D eigenvalue weighted by Gasteiger charge is -2.36. The summed E-state index contributed by atoms with van der Waals surface area (Å²) in [5.74, 6) is -5.16. The average Bonchev–Trinajstić information content (AvgIpc) is 3.34. The molecule has 0 spiro atoms. The third kappa shape index (κ3) is 6.19. The van der Waals surface area contributed by atoms with Crippen molar-refractivity contribution >= 4 is 41.0 Å². The molecule has 2 fully saturated rings. The Morgan fingerprint density at radius 3 is 2.41 bits per heavy atom. The first-order valence-corrected chi connectivity index (χ1v) is 13.6. The first kappa shape index (κ1) is 28.5. The maximum atomic E-state index is 14.5. The highest BCUT2D eigenvalue weighted by Crippen LogP contribution is 2.37. The number of anilines is 2. The molecule has 214 valence electrons. The molecule has 1 aromatic heterocycles. The number of alkyl halides is 2. The van der Waals surface area contributed by atoms with Crippen LogP contribution in [0.25, 0.3) is 0 Å². The predicted molar refractivity (Wildman–Crippen MR) is 146 cm³/mol. The fraction of sp³-hybridized carbons (Fsp3) is 0.345. The molecule has 2 heterocycles. The molecule has 12 heteroatoms. The maximum absolute atomic E-state index is 14.5. The Morgan fingerprint density at radius 1 is 1.02 bits per heavy atom. The maximum Gasteiger partial charge on any atom is 0.251 e. The minimum absolute atomic E-state index is 0.0226. The van der Waals surface area contributed by atoms with Crippen molar-refractivity contribution in [3.05, 3.63) is 83.4 Å². The molecule has 1 saturated heterocycles. The molecule has 0 bridgehead atoms. The lowest BCUT2D eigenvalue weighted by Crippen LogP contribution is -2.53. The van der Waals surface area contributed by atoms with E-state index in [1.165, 1.54) is 35.5 Å². The number of amides is 3. The zero-order valence-electron chi connectivity index (χ0n) is 21.9. The smallest absolute Gasteiger partial charge is 0.251 e. The van der Waals surface area contributed by atoms with Gasteiger partial charge in [0.15, 0.2) is 0 Å². The van der Waals surface area contributed by atoms with E-state index in [1.54, 1.807) is 30.3 Å². The Balaban J connectivity index is 1.58. The van der Waals surface area contributed by atoms with Gasteiger partial charge in [0.1, 0.15) is 17.9 Å². The van der Waals surface area contributed by atoms with Crippen LogP contribution in [0.5, 0.6) is 0 Å². The van der Waals surface area contributed by atoms with Gasteiger partial charge in [0, 0.05) is 54.0 Å². The number of hydrogen-bond acceptors (Lipinski definition) is 5. The Morgan fingerprint density at radius 2 is 1.73 bits per heavy atom. The van der Waals surface area contributed by atoms with Gasteiger partial charge in [0.25, 0.3) is 5.91 Å². The lowest BCUT2D eigenvalue weighted by atomic mass is 9.91. The van der Waals surface area contributed by atoms with Crippen molar-refractivity contribution in [2.24, 2.45) is 0 Å². The van der Waals surface area contributed by atoms with Crippen molar-refractivity contribution in [3.8, 4) is 0 Å². The molecular weight excluding hydrogens is 559 g/mol. The van der Waals surface area contributed by atoms with E-state index in [9.17, 15) is 27.6 Å². The molecular formula is C29H27ClF3N5O3. The predicted octanol–water partition coefficient (Wildman–Crippen LogP) is 5.23. The van der Waals surface area contributed by atoms with E-state index in [4.69, 9.17) is 11.6 Å². The van der Waals surface area contributed by atoms with E-state index in [0.717, 1.165) is 11.0 Å². The van der Waals surface area contributed by atoms with Crippen molar-refractivity contribution in [1.82, 2.24) is 15.3 Å². The molecule has 0 unspecified atom stereocenters. The van der Waals surface area contributed by atoms with Crippen molar-refractivity contribution in [1.29, 1.82) is 0 Å². The zero-order chi connectivity index (χ0) is 29.1. The molecule has 2 aliphatic rings. The van der Waals surface area contributed by atoms with Crippen molar-refractivity contribution < 1.29 is 27.6 Å². The second-order valence-electron chi connectivity index (χ2n) is 10.1. The average molecular weight is 586 g/mol. The number of halogens is 4. The van der Waals surface area contributed by atoms with Crippen LogP contribution in [0.1, 0.15) is 50.1 Å². The van der Waals surface area contributed by atoms with Gasteiger partial charge >= 0.3 is 0 Å². The third-order valence-corrected chi connectivity index (χ3v) is 7.70. The molecule has 2 aromatic carbocycles. The zero-order valence-corrected chi connectivity index (χ0v) is 22.6. The van der Waals surface area contributed by atoms with Crippen molar-refractivity contribution in [3.63, 3.8) is 0 Å². The summed E-state index contributed by atoms with van der Waals surface area (Å²) in [5, 5.41) is 2.99. The number of aromatic nitrogens is 2. The summed E-state index contributed by atoms with van der Waals surface area (Å²) in [6.45, 7) is 0. The first-order chi connectivity index (χ1) is 19.6. The number of nitrogens with one attached hydrogen (secondary N) is 1. The highest BCUT2D eigenvalue weighted by Gasteiger charge is 2.45. The fourth-order valence-electron chi connectivity index (χ4n) is 5.33. The molecule has 5 rings (SSSR count). The molecule has 3 amide bonds. The summed E-state index contributed by atoms with van der Waals surface area (Å²) in [7, 11) is 0. The van der Waals surface area contributed by atoms with E-state index >= 15 is 0 Å². The van der Waals surface area contributed by atoms with E-state index in [-0.39, 0.29) is 66.7 Å². The van der Waals surface area contributed by atoms with Gasteiger partial charge in [-0.05, 0) is 49.6 Å². The topological polar surface area (TPSA) is 95.5 Å². The SMILES string of the molecule is O=C(NC1CCC(F)(F)CC1)[C@H](c1ccccc1Cl)N(C(=O)[C@@H]1CCC(=O)N1c1ncccn1)c1cccc(F)c1. The van der Waals surface area contributed by atoms with E-state index in [2.05, 4.69) is 15.3 Å². The quantitative estimate of drug-likeness (QED) is 0.410. The molecule has 1 saturated carbocycles. The second-order valence-corrected chi connectivity index (χ2v) is 10.5. The van der Waals surface area contributed by atoms with Crippen LogP contribution in [0.2, 0.25) is 5.02 Å². The number of nitrogens with zero attached hydrogens (tertiary/aromatic N) is 4. The molecule has 0 radical (unpaired) electrons. The summed E-state index contributed by atoms with van der Waals surface area (Å²) in [6.07, 6.45) is 2.37. The normalized spacial score (nSPS) is 19.6. The Hall–Kier alpha value is -3.99. The van der Waals surface area contributed by atoms with Crippen LogP contribution in [0.4, 0.5) is 24.8 Å². The van der Waals surface area contributed by atoms with Gasteiger partial charge in [-0.25, -0.2) is 23.1 Å². The first-order valence-electron chi connectivity index (χ1n) is 13.2. The standard InChI is InChI=1S/C29H27ClF3N5O3/c30-22-8-2-1-7-21(22)25(26(40)36-19-11-13-29(32,33)14-12-19)37(20-6-3-5-18(31)17-20)27(41)23-9-10-24(39)38(23)28-34-15-4-16-35-28/h1-8,15-17,19,23,25H,9-14H2,(H,36,40)/t23-,25-/m0/s1. The molecule has 2 atom stereocenters. The van der Waals surface area contributed by atoms with E-state index in [1.807, 2.05) is 0 Å². The highest BCUT2D eigenvalue weighted by molar-refractivity contribution is 6.31. The van der Waals surface area contributed by atoms with Gasteiger partial charge in [-0.1, -0.05) is 35.9 Å². The molecule has 1 aliphatic carbocycles. The number of benzene rings is 2. The van der Waals surface area contributed by atoms with Gasteiger partial charge in [0.2, 0.25) is 23.7 Å². The monoisotopic (exact) mass is 585 g/mol. The minimum Gasteiger partial charge on any atom is -0.351 e. The molecule has 3 aromatic rings. The second kappa shape index (κ2) is 11.9. The molecule has 1 aliphatic heterocycles. The molecule has 41 heavy (non-hydrogen) atoms. The van der Waals surface area contributed by atoms with Gasteiger partial charge in [-0.3, -0.25) is 24.2 Å². The van der Waals surface area contributed by atoms with Crippen LogP contribution in [-0.4, -0.2) is 45.7 Å². The Bertz CT molecular complexity index is 1430. The van der Waals surface area contributed by atoms with Crippen LogP contribution < -0.4 is 15.1 Å². The Labute approximate surface area is 239 Å². The summed E-state index contributed by atoms with van der Waals surface area (Å²) < 4.78 is 42.2.